The minimum atomic E-state index is 0. The van der Waals surface area contributed by atoms with E-state index in [-0.39, 0.29) is 48.9 Å². The SMILES string of the molecule is CC(C)(C)Cc1ccnc2c3[c-]c4ccccc4cc3n3c4ccccc4cc3c12.CCC(CC)C(=O)/C=C(\O)C(CC)CC.[Ir]. The third kappa shape index (κ3) is 7.22. The number of hydrogen-bond donors (Lipinski definition) is 1. The van der Waals surface area contributed by atoms with Gasteiger partial charge in [0.05, 0.1) is 5.76 Å². The first kappa shape index (κ1) is 35.3. The molecular formula is C41H47IrN2O2-. The average molecular weight is 792 g/mol. The number of hydrogen-bond acceptors (Lipinski definition) is 3. The molecule has 5 heteroatoms. The van der Waals surface area contributed by atoms with Gasteiger partial charge < -0.3 is 9.51 Å². The van der Waals surface area contributed by atoms with E-state index < -0.39 is 0 Å². The van der Waals surface area contributed by atoms with Gasteiger partial charge in [0.25, 0.3) is 0 Å². The largest absolute Gasteiger partial charge is 0.512 e. The molecule has 243 valence electrons. The van der Waals surface area contributed by atoms with E-state index in [0.29, 0.717) is 0 Å². The van der Waals surface area contributed by atoms with Crippen molar-refractivity contribution in [1.82, 2.24) is 9.38 Å². The molecule has 0 aliphatic rings. The van der Waals surface area contributed by atoms with Gasteiger partial charge in [-0.05, 0) is 77.6 Å². The van der Waals surface area contributed by atoms with Gasteiger partial charge >= 0.3 is 0 Å². The maximum atomic E-state index is 11.7. The number of aliphatic hydroxyl groups excluding tert-OH is 1. The first-order valence-electron chi connectivity index (χ1n) is 16.6. The normalized spacial score (nSPS) is 12.3. The summed E-state index contributed by atoms with van der Waals surface area (Å²) in [6, 6.07) is 27.6. The van der Waals surface area contributed by atoms with E-state index in [1.54, 1.807) is 0 Å². The molecule has 0 amide bonds. The van der Waals surface area contributed by atoms with E-state index >= 15 is 0 Å². The fraction of sp³-hybridized carbons (Fsp3) is 0.366. The molecule has 3 aromatic carbocycles. The van der Waals surface area contributed by atoms with E-state index in [2.05, 4.69) is 98.0 Å². The van der Waals surface area contributed by atoms with Crippen molar-refractivity contribution in [2.45, 2.75) is 80.6 Å². The summed E-state index contributed by atoms with van der Waals surface area (Å²) in [7, 11) is 0. The summed E-state index contributed by atoms with van der Waals surface area (Å²) >= 11 is 0. The molecule has 0 fully saturated rings. The second-order valence-electron chi connectivity index (χ2n) is 13.5. The van der Waals surface area contributed by atoms with Crippen molar-refractivity contribution in [3.63, 3.8) is 0 Å². The molecule has 6 aromatic rings. The number of rotatable bonds is 8. The third-order valence-corrected chi connectivity index (χ3v) is 9.05. The molecule has 6 rings (SSSR count). The number of pyridine rings is 2. The molecule has 0 saturated heterocycles. The van der Waals surface area contributed by atoms with E-state index in [0.717, 1.165) is 53.9 Å². The molecular weight excluding hydrogens is 745 g/mol. The van der Waals surface area contributed by atoms with Crippen molar-refractivity contribution in [2.24, 2.45) is 17.3 Å². The van der Waals surface area contributed by atoms with Crippen LogP contribution in [-0.4, -0.2) is 20.3 Å². The molecule has 4 nitrogen and oxygen atoms in total. The molecule has 0 aliphatic carbocycles. The number of allylic oxidation sites excluding steroid dienone is 2. The summed E-state index contributed by atoms with van der Waals surface area (Å²) in [6.45, 7) is 15.0. The predicted octanol–water partition coefficient (Wildman–Crippen LogP) is 11.2. The predicted molar refractivity (Wildman–Crippen MR) is 191 cm³/mol. The van der Waals surface area contributed by atoms with Crippen LogP contribution in [0.3, 0.4) is 0 Å². The quantitative estimate of drug-likeness (QED) is 0.0549. The van der Waals surface area contributed by atoms with Gasteiger partial charge in [0.15, 0.2) is 5.78 Å². The number of para-hydroxylation sites is 1. The number of fused-ring (bicyclic) bond motifs is 9. The van der Waals surface area contributed by atoms with Crippen LogP contribution >= 0.6 is 0 Å². The number of aliphatic hydroxyl groups is 1. The number of carbonyl (C=O) groups excluding carboxylic acids is 1. The van der Waals surface area contributed by atoms with Gasteiger partial charge in [-0.1, -0.05) is 102 Å². The Bertz CT molecular complexity index is 2010. The van der Waals surface area contributed by atoms with Crippen LogP contribution in [-0.2, 0) is 31.3 Å². The van der Waals surface area contributed by atoms with Crippen LogP contribution in [0.1, 0.15) is 79.7 Å². The number of ketones is 1. The number of nitrogens with zero attached hydrogens (tertiary/aromatic N) is 2. The van der Waals surface area contributed by atoms with Gasteiger partial charge in [-0.3, -0.25) is 9.78 Å². The first-order chi connectivity index (χ1) is 21.6. The Morgan fingerprint density at radius 1 is 0.848 bits per heavy atom. The molecule has 0 spiro atoms. The molecule has 0 aliphatic heterocycles. The van der Waals surface area contributed by atoms with Gasteiger partial charge in [0.1, 0.15) is 0 Å². The van der Waals surface area contributed by atoms with E-state index in [1.165, 1.54) is 38.8 Å². The van der Waals surface area contributed by atoms with Crippen LogP contribution in [0.4, 0.5) is 0 Å². The minimum absolute atomic E-state index is 0. The smallest absolute Gasteiger partial charge is 0.162 e. The number of aromatic nitrogens is 2. The monoisotopic (exact) mass is 792 g/mol. The molecule has 1 N–H and O–H groups in total. The summed E-state index contributed by atoms with van der Waals surface area (Å²) in [6.07, 6.45) is 7.87. The fourth-order valence-corrected chi connectivity index (χ4v) is 6.59. The van der Waals surface area contributed by atoms with Gasteiger partial charge in [0.2, 0.25) is 0 Å². The zero-order chi connectivity index (χ0) is 32.3. The molecule has 46 heavy (non-hydrogen) atoms. The molecule has 0 atom stereocenters. The Morgan fingerprint density at radius 2 is 1.46 bits per heavy atom. The van der Waals surface area contributed by atoms with Gasteiger partial charge in [-0.2, -0.15) is 0 Å². The van der Waals surface area contributed by atoms with Crippen molar-refractivity contribution in [3.8, 4) is 0 Å². The fourth-order valence-electron chi connectivity index (χ4n) is 6.59. The van der Waals surface area contributed by atoms with E-state index in [1.807, 2.05) is 33.9 Å². The van der Waals surface area contributed by atoms with Gasteiger partial charge in [0, 0.05) is 60.8 Å². The summed E-state index contributed by atoms with van der Waals surface area (Å²) in [5, 5.41) is 15.7. The van der Waals surface area contributed by atoms with Crippen LogP contribution in [0, 0.1) is 23.3 Å². The molecule has 0 saturated carbocycles. The first-order valence-corrected chi connectivity index (χ1v) is 16.6. The molecule has 1 radical (unpaired) electrons. The summed E-state index contributed by atoms with van der Waals surface area (Å²) in [5.74, 6) is 0.547. The summed E-state index contributed by atoms with van der Waals surface area (Å²) in [4.78, 5) is 16.6. The average Bonchev–Trinajstić information content (AvgIpc) is 3.41. The zero-order valence-corrected chi connectivity index (χ0v) is 30.7. The van der Waals surface area contributed by atoms with Crippen LogP contribution in [0.5, 0.6) is 0 Å². The second-order valence-corrected chi connectivity index (χ2v) is 13.5. The van der Waals surface area contributed by atoms with Crippen molar-refractivity contribution >= 4 is 54.8 Å². The third-order valence-electron chi connectivity index (χ3n) is 9.05. The molecule has 0 bridgehead atoms. The van der Waals surface area contributed by atoms with Crippen molar-refractivity contribution < 1.29 is 30.0 Å². The van der Waals surface area contributed by atoms with E-state index in [4.69, 9.17) is 4.98 Å². The summed E-state index contributed by atoms with van der Waals surface area (Å²) in [5.41, 5.74) is 6.22. The Labute approximate surface area is 287 Å². The Balaban J connectivity index is 0.000000259. The van der Waals surface area contributed by atoms with E-state index in [9.17, 15) is 9.90 Å². The van der Waals surface area contributed by atoms with Crippen LogP contribution < -0.4 is 0 Å². The maximum Gasteiger partial charge on any atom is 0.162 e. The zero-order valence-electron chi connectivity index (χ0n) is 28.3. The van der Waals surface area contributed by atoms with Crippen molar-refractivity contribution in [1.29, 1.82) is 0 Å². The number of carbonyl (C=O) groups is 1. The Morgan fingerprint density at radius 3 is 2.11 bits per heavy atom. The standard InChI is InChI=1S/C28H23N2.C13H24O2.Ir/c1-28(2,3)17-21-12-13-29-27-22-14-18-8-4-5-9-19(18)15-24(22)30-23-11-7-6-10-20(23)16-25(30)26(21)27;1-5-10(6-2)12(14)9-13(15)11(7-3)8-4;/h4-13,15-16H,17H2,1-3H3;9-11,14H,5-8H2,1-4H3;/q-1;;/b;12-9-;. The van der Waals surface area contributed by atoms with Crippen molar-refractivity contribution in [2.75, 3.05) is 0 Å². The van der Waals surface area contributed by atoms with Crippen molar-refractivity contribution in [3.05, 3.63) is 96.4 Å². The Hall–Kier alpha value is -3.53. The minimum Gasteiger partial charge on any atom is -0.512 e. The summed E-state index contributed by atoms with van der Waals surface area (Å²) < 4.78 is 2.41. The topological polar surface area (TPSA) is 54.6 Å². The second kappa shape index (κ2) is 14.9. The van der Waals surface area contributed by atoms with Crippen LogP contribution in [0.2, 0.25) is 0 Å². The molecule has 0 unspecified atom stereocenters. The van der Waals surface area contributed by atoms with Crippen LogP contribution in [0.15, 0.2) is 84.8 Å². The van der Waals surface area contributed by atoms with Gasteiger partial charge in [-0.25, -0.2) is 0 Å². The molecule has 3 heterocycles. The number of benzene rings is 3. The van der Waals surface area contributed by atoms with Crippen LogP contribution in [0.25, 0.3) is 49.0 Å². The Kier molecular flexibility index (Phi) is 11.5. The molecule has 3 aromatic heterocycles. The maximum absolute atomic E-state index is 11.7. The van der Waals surface area contributed by atoms with Gasteiger partial charge in [-0.15, -0.1) is 17.5 Å².